The van der Waals surface area contributed by atoms with Crippen molar-refractivity contribution in [2.75, 3.05) is 4.90 Å². The molecule has 0 unspecified atom stereocenters. The summed E-state index contributed by atoms with van der Waals surface area (Å²) >= 11 is 0. The van der Waals surface area contributed by atoms with Crippen molar-refractivity contribution in [1.82, 2.24) is 0 Å². The molecule has 1 heteroatoms. The van der Waals surface area contributed by atoms with Gasteiger partial charge < -0.3 is 4.90 Å². The maximum Gasteiger partial charge on any atom is 0.0543 e. The smallest absolute Gasteiger partial charge is 0.0543 e. The predicted molar refractivity (Wildman–Crippen MR) is 205 cm³/mol. The van der Waals surface area contributed by atoms with Crippen LogP contribution in [0.2, 0.25) is 0 Å². The maximum atomic E-state index is 2.52. The van der Waals surface area contributed by atoms with Crippen molar-refractivity contribution < 1.29 is 0 Å². The van der Waals surface area contributed by atoms with Crippen LogP contribution in [0, 0.1) is 0 Å². The Morgan fingerprint density at radius 1 is 0.396 bits per heavy atom. The molecular weight excluding hydrogens is 579 g/mol. The van der Waals surface area contributed by atoms with Gasteiger partial charge in [0.2, 0.25) is 0 Å². The van der Waals surface area contributed by atoms with Crippen LogP contribution in [0.3, 0.4) is 0 Å². The highest BCUT2D eigenvalue weighted by Gasteiger charge is 2.39. The summed E-state index contributed by atoms with van der Waals surface area (Å²) in [5, 5.41) is 0. The fourth-order valence-electron chi connectivity index (χ4n) is 8.35. The average Bonchev–Trinajstić information content (AvgIpc) is 3.33. The summed E-state index contributed by atoms with van der Waals surface area (Å²) in [7, 11) is 0. The lowest BCUT2D eigenvalue weighted by atomic mass is 9.63. The first-order valence-electron chi connectivity index (χ1n) is 17.5. The topological polar surface area (TPSA) is 3.24 Å². The number of benzene rings is 6. The molecule has 0 heterocycles. The van der Waals surface area contributed by atoms with Crippen molar-refractivity contribution in [1.29, 1.82) is 0 Å². The number of rotatable bonds is 5. The van der Waals surface area contributed by atoms with Gasteiger partial charge >= 0.3 is 0 Å². The average molecular weight is 624 g/mol. The van der Waals surface area contributed by atoms with Crippen LogP contribution in [0.1, 0.15) is 76.6 Å². The van der Waals surface area contributed by atoms with Crippen LogP contribution in [-0.4, -0.2) is 0 Å². The van der Waals surface area contributed by atoms with Crippen molar-refractivity contribution in [3.05, 3.63) is 162 Å². The van der Waals surface area contributed by atoms with E-state index in [1.54, 1.807) is 0 Å². The van der Waals surface area contributed by atoms with Gasteiger partial charge in [-0.1, -0.05) is 145 Å². The molecule has 238 valence electrons. The number of para-hydroxylation sites is 1. The molecule has 0 fully saturated rings. The number of anilines is 3. The summed E-state index contributed by atoms with van der Waals surface area (Å²) in [4.78, 5) is 2.47. The van der Waals surface area contributed by atoms with E-state index >= 15 is 0 Å². The number of hydrogen-bond donors (Lipinski definition) is 0. The Bertz CT molecular complexity index is 2130. The van der Waals surface area contributed by atoms with E-state index in [0.717, 1.165) is 11.4 Å². The minimum atomic E-state index is -0.111. The highest BCUT2D eigenvalue weighted by Crippen LogP contribution is 2.54. The van der Waals surface area contributed by atoms with Crippen molar-refractivity contribution in [3.8, 4) is 33.4 Å². The van der Waals surface area contributed by atoms with E-state index in [9.17, 15) is 0 Å². The second kappa shape index (κ2) is 11.1. The molecule has 2 aliphatic rings. The van der Waals surface area contributed by atoms with Crippen LogP contribution in [-0.2, 0) is 16.2 Å². The number of hydrogen-bond acceptors (Lipinski definition) is 1. The first kappa shape index (κ1) is 30.5. The van der Waals surface area contributed by atoms with Crippen molar-refractivity contribution in [3.63, 3.8) is 0 Å². The number of fused-ring (bicyclic) bond motifs is 4. The monoisotopic (exact) mass is 623 g/mol. The van der Waals surface area contributed by atoms with E-state index in [-0.39, 0.29) is 16.2 Å². The third kappa shape index (κ3) is 4.91. The molecule has 6 aromatic rings. The molecule has 0 atom stereocenters. The molecule has 0 spiro atoms. The molecule has 0 aromatic heterocycles. The van der Waals surface area contributed by atoms with Gasteiger partial charge in [0.25, 0.3) is 0 Å². The molecule has 0 amide bonds. The maximum absolute atomic E-state index is 2.52. The molecule has 0 aliphatic heterocycles. The molecule has 0 saturated carbocycles. The zero-order valence-electron chi connectivity index (χ0n) is 29.1. The van der Waals surface area contributed by atoms with Gasteiger partial charge in [0.05, 0.1) is 5.69 Å². The first-order chi connectivity index (χ1) is 23.0. The lowest BCUT2D eigenvalue weighted by molar-refractivity contribution is 0.332. The van der Waals surface area contributed by atoms with Crippen LogP contribution < -0.4 is 4.90 Å². The zero-order chi connectivity index (χ0) is 33.3. The fraction of sp³-hybridized carbons (Fsp3) is 0.234. The summed E-state index contributed by atoms with van der Waals surface area (Å²) in [6, 6.07) is 52.0. The van der Waals surface area contributed by atoms with E-state index < -0.39 is 0 Å². The van der Waals surface area contributed by atoms with E-state index in [4.69, 9.17) is 0 Å². The Morgan fingerprint density at radius 2 is 0.958 bits per heavy atom. The SMILES string of the molecule is CC1(C)CCC(C)(C)c2cc(-c3cc4c(cc3N(c3ccccc3)c3ccc(-c5ccccc5)cc3)C(C)(C)c3ccccc3-4)ccc21. The first-order valence-corrected chi connectivity index (χ1v) is 17.5. The minimum absolute atomic E-state index is 0.111. The van der Waals surface area contributed by atoms with Crippen LogP contribution in [0.5, 0.6) is 0 Å². The predicted octanol–water partition coefficient (Wildman–Crippen LogP) is 13.1. The highest BCUT2D eigenvalue weighted by atomic mass is 15.1. The van der Waals surface area contributed by atoms with Gasteiger partial charge in [-0.2, -0.15) is 0 Å². The highest BCUT2D eigenvalue weighted by molar-refractivity contribution is 5.95. The Morgan fingerprint density at radius 3 is 1.67 bits per heavy atom. The molecule has 0 radical (unpaired) electrons. The summed E-state index contributed by atoms with van der Waals surface area (Å²) < 4.78 is 0. The second-order valence-corrected chi connectivity index (χ2v) is 15.7. The summed E-state index contributed by atoms with van der Waals surface area (Å²) in [6.45, 7) is 14.4. The Kier molecular flexibility index (Phi) is 7.04. The zero-order valence-corrected chi connectivity index (χ0v) is 29.1. The van der Waals surface area contributed by atoms with E-state index in [2.05, 4.69) is 186 Å². The van der Waals surface area contributed by atoms with Gasteiger partial charge in [0.1, 0.15) is 0 Å². The van der Waals surface area contributed by atoms with E-state index in [1.165, 1.54) is 74.2 Å². The van der Waals surface area contributed by atoms with Crippen LogP contribution in [0.4, 0.5) is 17.1 Å². The molecule has 48 heavy (non-hydrogen) atoms. The Labute approximate surface area is 286 Å². The van der Waals surface area contributed by atoms with Gasteiger partial charge in [-0.05, 0) is 110 Å². The van der Waals surface area contributed by atoms with Crippen LogP contribution in [0.25, 0.3) is 33.4 Å². The lowest BCUT2D eigenvalue weighted by Gasteiger charge is -2.42. The van der Waals surface area contributed by atoms with Gasteiger partial charge in [0, 0.05) is 22.4 Å². The van der Waals surface area contributed by atoms with Crippen LogP contribution in [0.15, 0.2) is 140 Å². The summed E-state index contributed by atoms with van der Waals surface area (Å²) in [5.74, 6) is 0. The number of nitrogens with zero attached hydrogens (tertiary/aromatic N) is 1. The molecular formula is C47H45N. The van der Waals surface area contributed by atoms with Crippen molar-refractivity contribution >= 4 is 17.1 Å². The van der Waals surface area contributed by atoms with Gasteiger partial charge in [-0.25, -0.2) is 0 Å². The third-order valence-electron chi connectivity index (χ3n) is 11.4. The van der Waals surface area contributed by atoms with E-state index in [0.29, 0.717) is 0 Å². The van der Waals surface area contributed by atoms with Gasteiger partial charge in [-0.3, -0.25) is 0 Å². The molecule has 2 aliphatic carbocycles. The van der Waals surface area contributed by atoms with Crippen molar-refractivity contribution in [2.24, 2.45) is 0 Å². The standard InChI is InChI=1S/C47H45N/c1-45(2)27-28-46(3,4)43-29-34(23-26-41(43)45)38-30-39-37-19-13-14-20-40(37)47(5,6)42(39)31-44(38)48(35-17-11-8-12-18-35)36-24-21-33(22-25-36)32-15-9-7-10-16-32/h7-26,29-31H,27-28H2,1-6H3. The second-order valence-electron chi connectivity index (χ2n) is 15.7. The van der Waals surface area contributed by atoms with Crippen molar-refractivity contribution in [2.45, 2.75) is 70.6 Å². The summed E-state index contributed by atoms with van der Waals surface area (Å²) in [5.41, 5.74) is 17.1. The molecule has 1 nitrogen and oxygen atoms in total. The van der Waals surface area contributed by atoms with E-state index in [1.807, 2.05) is 0 Å². The third-order valence-corrected chi connectivity index (χ3v) is 11.4. The normalized spacial score (nSPS) is 16.5. The lowest BCUT2D eigenvalue weighted by Crippen LogP contribution is -2.33. The molecule has 6 aromatic carbocycles. The van der Waals surface area contributed by atoms with Gasteiger partial charge in [-0.15, -0.1) is 0 Å². The minimum Gasteiger partial charge on any atom is -0.310 e. The fourth-order valence-corrected chi connectivity index (χ4v) is 8.35. The van der Waals surface area contributed by atoms with Crippen LogP contribution >= 0.6 is 0 Å². The largest absolute Gasteiger partial charge is 0.310 e. The molecule has 0 bridgehead atoms. The summed E-state index contributed by atoms with van der Waals surface area (Å²) in [6.07, 6.45) is 2.40. The van der Waals surface area contributed by atoms with Gasteiger partial charge in [0.15, 0.2) is 0 Å². The Balaban J connectivity index is 1.39. The molecule has 0 saturated heterocycles. The Hall–Kier alpha value is -4.88. The quantitative estimate of drug-likeness (QED) is 0.185. The molecule has 0 N–H and O–H groups in total. The molecule has 8 rings (SSSR count).